The van der Waals surface area contributed by atoms with Gasteiger partial charge in [0.1, 0.15) is 11.5 Å². The van der Waals surface area contributed by atoms with Crippen molar-refractivity contribution in [1.82, 2.24) is 0 Å². The van der Waals surface area contributed by atoms with Gasteiger partial charge in [-0.15, -0.1) is 0 Å². The molecule has 0 fully saturated rings. The zero-order valence-corrected chi connectivity index (χ0v) is 8.70. The van der Waals surface area contributed by atoms with Gasteiger partial charge in [0, 0.05) is 5.56 Å². The van der Waals surface area contributed by atoms with Crippen LogP contribution in [0.3, 0.4) is 0 Å². The lowest BCUT2D eigenvalue weighted by molar-refractivity contribution is -0.0168. The van der Waals surface area contributed by atoms with Crippen molar-refractivity contribution in [3.05, 3.63) is 23.3 Å². The van der Waals surface area contributed by atoms with E-state index in [1.807, 2.05) is 0 Å². The predicted octanol–water partition coefficient (Wildman–Crippen LogP) is 1.76. The molecule has 2 rings (SSSR count). The summed E-state index contributed by atoms with van der Waals surface area (Å²) in [7, 11) is 1.54. The molecule has 0 radical (unpaired) electrons. The molecule has 0 unspecified atom stereocenters. The number of rotatable bonds is 2. The standard InChI is InChI=1S/C11H12O4/c1-7(12)11-8-5-14-6-15-9(8)3-4-10(11)13-2/h3-4H,5-6H2,1-2H3. The van der Waals surface area contributed by atoms with Gasteiger partial charge in [-0.1, -0.05) is 0 Å². The highest BCUT2D eigenvalue weighted by Gasteiger charge is 2.21. The normalized spacial score (nSPS) is 14.0. The Morgan fingerprint density at radius 2 is 2.27 bits per heavy atom. The number of ether oxygens (including phenoxy) is 3. The molecule has 1 aromatic rings. The van der Waals surface area contributed by atoms with E-state index in [0.29, 0.717) is 23.7 Å². The minimum Gasteiger partial charge on any atom is -0.496 e. The minimum atomic E-state index is -0.0437. The predicted molar refractivity (Wildman–Crippen MR) is 53.3 cm³/mol. The lowest BCUT2D eigenvalue weighted by Crippen LogP contribution is -2.15. The van der Waals surface area contributed by atoms with Crippen LogP contribution < -0.4 is 9.47 Å². The number of carbonyl (C=O) groups excluding carboxylic acids is 1. The number of Topliss-reactive ketones (excluding diaryl/α,β-unsaturated/α-hetero) is 1. The molecule has 0 spiro atoms. The fourth-order valence-corrected chi connectivity index (χ4v) is 1.69. The zero-order chi connectivity index (χ0) is 10.8. The third-order valence-corrected chi connectivity index (χ3v) is 2.35. The van der Waals surface area contributed by atoms with Gasteiger partial charge in [0.15, 0.2) is 12.6 Å². The van der Waals surface area contributed by atoms with Gasteiger partial charge in [-0.25, -0.2) is 0 Å². The molecule has 0 amide bonds. The largest absolute Gasteiger partial charge is 0.496 e. The molecule has 0 aromatic heterocycles. The van der Waals surface area contributed by atoms with Gasteiger partial charge in [-0.3, -0.25) is 4.79 Å². The Morgan fingerprint density at radius 3 is 2.93 bits per heavy atom. The quantitative estimate of drug-likeness (QED) is 0.695. The Bertz CT molecular complexity index is 398. The number of carbonyl (C=O) groups is 1. The first-order chi connectivity index (χ1) is 7.24. The van der Waals surface area contributed by atoms with E-state index in [1.54, 1.807) is 19.2 Å². The molecule has 1 aliphatic rings. The van der Waals surface area contributed by atoms with E-state index in [9.17, 15) is 4.79 Å². The van der Waals surface area contributed by atoms with E-state index in [0.717, 1.165) is 5.56 Å². The Kier molecular flexibility index (Phi) is 2.60. The van der Waals surface area contributed by atoms with Crippen LogP contribution in [0.2, 0.25) is 0 Å². The summed E-state index contributed by atoms with van der Waals surface area (Å²) in [4.78, 5) is 11.5. The second-order valence-electron chi connectivity index (χ2n) is 3.29. The molecule has 0 aliphatic carbocycles. The van der Waals surface area contributed by atoms with Crippen molar-refractivity contribution < 1.29 is 19.0 Å². The third kappa shape index (κ3) is 1.68. The average molecular weight is 208 g/mol. The average Bonchev–Trinajstić information content (AvgIpc) is 2.27. The topological polar surface area (TPSA) is 44.8 Å². The summed E-state index contributed by atoms with van der Waals surface area (Å²) in [5.41, 5.74) is 1.32. The molecule has 1 heterocycles. The van der Waals surface area contributed by atoms with Crippen molar-refractivity contribution in [2.45, 2.75) is 13.5 Å². The smallest absolute Gasteiger partial charge is 0.189 e. The van der Waals surface area contributed by atoms with Gasteiger partial charge in [0.05, 0.1) is 19.3 Å². The molecular formula is C11H12O4. The van der Waals surface area contributed by atoms with Crippen molar-refractivity contribution in [3.8, 4) is 11.5 Å². The van der Waals surface area contributed by atoms with Gasteiger partial charge in [0.25, 0.3) is 0 Å². The molecule has 0 N–H and O–H groups in total. The fourth-order valence-electron chi connectivity index (χ4n) is 1.69. The van der Waals surface area contributed by atoms with Crippen molar-refractivity contribution in [1.29, 1.82) is 0 Å². The van der Waals surface area contributed by atoms with E-state index in [4.69, 9.17) is 14.2 Å². The van der Waals surface area contributed by atoms with Crippen LogP contribution in [0.4, 0.5) is 0 Å². The maximum Gasteiger partial charge on any atom is 0.189 e. The molecule has 1 aromatic carbocycles. The van der Waals surface area contributed by atoms with Gasteiger partial charge in [-0.05, 0) is 19.1 Å². The number of hydrogen-bond donors (Lipinski definition) is 0. The fraction of sp³-hybridized carbons (Fsp3) is 0.364. The van der Waals surface area contributed by atoms with Crippen LogP contribution in [0.1, 0.15) is 22.8 Å². The number of hydrogen-bond acceptors (Lipinski definition) is 4. The highest BCUT2D eigenvalue weighted by atomic mass is 16.7. The van der Waals surface area contributed by atoms with E-state index < -0.39 is 0 Å². The van der Waals surface area contributed by atoms with Crippen molar-refractivity contribution in [2.75, 3.05) is 13.9 Å². The van der Waals surface area contributed by atoms with Crippen LogP contribution in [-0.4, -0.2) is 19.7 Å². The van der Waals surface area contributed by atoms with E-state index in [1.165, 1.54) is 6.92 Å². The molecule has 0 saturated heterocycles. The van der Waals surface area contributed by atoms with Gasteiger partial charge in [0.2, 0.25) is 0 Å². The lowest BCUT2D eigenvalue weighted by atomic mass is 10.0. The molecule has 4 nitrogen and oxygen atoms in total. The third-order valence-electron chi connectivity index (χ3n) is 2.35. The van der Waals surface area contributed by atoms with Gasteiger partial charge >= 0.3 is 0 Å². The summed E-state index contributed by atoms with van der Waals surface area (Å²) < 4.78 is 15.6. The summed E-state index contributed by atoms with van der Waals surface area (Å²) in [5.74, 6) is 1.22. The Morgan fingerprint density at radius 1 is 1.47 bits per heavy atom. The zero-order valence-electron chi connectivity index (χ0n) is 8.70. The van der Waals surface area contributed by atoms with Crippen LogP contribution in [0.5, 0.6) is 11.5 Å². The van der Waals surface area contributed by atoms with Crippen LogP contribution in [0.25, 0.3) is 0 Å². The van der Waals surface area contributed by atoms with Crippen molar-refractivity contribution in [2.24, 2.45) is 0 Å². The van der Waals surface area contributed by atoms with E-state index in [2.05, 4.69) is 0 Å². The maximum absolute atomic E-state index is 11.5. The second-order valence-corrected chi connectivity index (χ2v) is 3.29. The molecule has 15 heavy (non-hydrogen) atoms. The Labute approximate surface area is 87.8 Å². The highest BCUT2D eigenvalue weighted by molar-refractivity contribution is 5.99. The summed E-state index contributed by atoms with van der Waals surface area (Å²) in [6.45, 7) is 2.13. The number of fused-ring (bicyclic) bond motifs is 1. The molecule has 0 bridgehead atoms. The van der Waals surface area contributed by atoms with Crippen molar-refractivity contribution >= 4 is 5.78 Å². The molecule has 0 atom stereocenters. The molecular weight excluding hydrogens is 196 g/mol. The summed E-state index contributed by atoms with van der Waals surface area (Å²) in [6.07, 6.45) is 0. The summed E-state index contributed by atoms with van der Waals surface area (Å²) in [6, 6.07) is 3.53. The van der Waals surface area contributed by atoms with Gasteiger partial charge in [-0.2, -0.15) is 0 Å². The maximum atomic E-state index is 11.5. The first kappa shape index (κ1) is 9.98. The SMILES string of the molecule is COc1ccc2c(c1C(C)=O)COCO2. The van der Waals surface area contributed by atoms with Crippen molar-refractivity contribution in [3.63, 3.8) is 0 Å². The van der Waals surface area contributed by atoms with E-state index in [-0.39, 0.29) is 12.6 Å². The van der Waals surface area contributed by atoms with Gasteiger partial charge < -0.3 is 14.2 Å². The number of methoxy groups -OCH3 is 1. The molecule has 80 valence electrons. The molecule has 4 heteroatoms. The van der Waals surface area contributed by atoms with E-state index >= 15 is 0 Å². The van der Waals surface area contributed by atoms with Crippen LogP contribution in [0.15, 0.2) is 12.1 Å². The lowest BCUT2D eigenvalue weighted by Gasteiger charge is -2.21. The molecule has 1 aliphatic heterocycles. The number of benzene rings is 1. The summed E-state index contributed by atoms with van der Waals surface area (Å²) >= 11 is 0. The monoisotopic (exact) mass is 208 g/mol. The van der Waals surface area contributed by atoms with Crippen LogP contribution >= 0.6 is 0 Å². The van der Waals surface area contributed by atoms with Crippen LogP contribution in [0, 0.1) is 0 Å². The van der Waals surface area contributed by atoms with Crippen LogP contribution in [-0.2, 0) is 11.3 Å². The Hall–Kier alpha value is -1.55. The minimum absolute atomic E-state index is 0.0437. The first-order valence-electron chi connectivity index (χ1n) is 4.65. The molecule has 0 saturated carbocycles. The number of ketones is 1. The summed E-state index contributed by atoms with van der Waals surface area (Å²) in [5, 5.41) is 0. The second kappa shape index (κ2) is 3.90. The first-order valence-corrected chi connectivity index (χ1v) is 4.65. The Balaban J connectivity index is 2.59. The highest BCUT2D eigenvalue weighted by Crippen LogP contribution is 2.33.